The lowest BCUT2D eigenvalue weighted by atomic mass is 9.96. The number of hydrogen-bond donors (Lipinski definition) is 2. The number of amides is 1. The van der Waals surface area contributed by atoms with Crippen LogP contribution in [0.1, 0.15) is 45.8 Å². The third-order valence-corrected chi connectivity index (χ3v) is 6.65. The van der Waals surface area contributed by atoms with Gasteiger partial charge < -0.3 is 10.3 Å². The molecule has 36 heavy (non-hydrogen) atoms. The molecule has 5 rings (SSSR count). The van der Waals surface area contributed by atoms with Crippen molar-refractivity contribution in [3.8, 4) is 11.1 Å². The zero-order chi connectivity index (χ0) is 25.3. The molecule has 0 saturated carbocycles. The molecule has 2 heterocycles. The van der Waals surface area contributed by atoms with Crippen LogP contribution in [-0.4, -0.2) is 27.3 Å². The summed E-state index contributed by atoms with van der Waals surface area (Å²) in [5.41, 5.74) is 3.07. The third-order valence-electron chi connectivity index (χ3n) is 6.65. The fourth-order valence-electron chi connectivity index (χ4n) is 4.64. The van der Waals surface area contributed by atoms with E-state index in [-0.39, 0.29) is 11.6 Å². The first kappa shape index (κ1) is 23.8. The lowest BCUT2D eigenvalue weighted by molar-refractivity contribution is -0.137. The van der Waals surface area contributed by atoms with Crippen molar-refractivity contribution in [1.29, 1.82) is 0 Å². The second-order valence-electron chi connectivity index (χ2n) is 8.93. The monoisotopic (exact) mass is 490 g/mol. The van der Waals surface area contributed by atoms with Crippen molar-refractivity contribution in [3.63, 3.8) is 0 Å². The number of alkyl halides is 3. The summed E-state index contributed by atoms with van der Waals surface area (Å²) in [6, 6.07) is 18.0. The number of carbonyl (C=O) groups excluding carboxylic acids is 1. The standard InChI is InChI=1S/C28H25F3N4O/c1-18(26-32-12-13-33-26)35-14-11-20-15-23(9-7-21(20)17-35)34-27(36)25-16-22(28(29,30)31)8-10-24(25)19-5-3-2-4-6-19/h2-10,12-13,15-16,18H,11,14,17H2,1H3,(H,32,33)(H,34,36). The molecule has 1 aliphatic rings. The Labute approximate surface area is 207 Å². The van der Waals surface area contributed by atoms with Crippen LogP contribution >= 0.6 is 0 Å². The number of benzene rings is 3. The Morgan fingerprint density at radius 3 is 2.58 bits per heavy atom. The summed E-state index contributed by atoms with van der Waals surface area (Å²) in [6.07, 6.45) is -0.198. The van der Waals surface area contributed by atoms with Crippen LogP contribution < -0.4 is 5.32 Å². The fraction of sp³-hybridized carbons (Fsp3) is 0.214. The number of hydrogen-bond acceptors (Lipinski definition) is 3. The number of imidazole rings is 1. The van der Waals surface area contributed by atoms with E-state index in [4.69, 9.17) is 0 Å². The molecule has 0 aliphatic carbocycles. The van der Waals surface area contributed by atoms with Crippen LogP contribution in [0.15, 0.2) is 79.1 Å². The highest BCUT2D eigenvalue weighted by atomic mass is 19.4. The topological polar surface area (TPSA) is 61.0 Å². The number of carbonyl (C=O) groups is 1. The van der Waals surface area contributed by atoms with Crippen LogP contribution in [0, 0.1) is 0 Å². The molecule has 2 N–H and O–H groups in total. The molecule has 0 bridgehead atoms. The predicted molar refractivity (Wildman–Crippen MR) is 132 cm³/mol. The van der Waals surface area contributed by atoms with Gasteiger partial charge >= 0.3 is 6.18 Å². The molecule has 0 fully saturated rings. The fourth-order valence-corrected chi connectivity index (χ4v) is 4.64. The largest absolute Gasteiger partial charge is 0.416 e. The molecule has 1 amide bonds. The van der Waals surface area contributed by atoms with Gasteiger partial charge in [-0.15, -0.1) is 0 Å². The van der Waals surface area contributed by atoms with Gasteiger partial charge in [-0.2, -0.15) is 13.2 Å². The van der Waals surface area contributed by atoms with Gasteiger partial charge in [0.2, 0.25) is 0 Å². The molecule has 1 atom stereocenters. The minimum atomic E-state index is -4.55. The predicted octanol–water partition coefficient (Wildman–Crippen LogP) is 6.47. The lowest BCUT2D eigenvalue weighted by Crippen LogP contribution is -2.33. The summed E-state index contributed by atoms with van der Waals surface area (Å²) in [7, 11) is 0. The van der Waals surface area contributed by atoms with Gasteiger partial charge in [-0.1, -0.05) is 42.5 Å². The molecule has 0 radical (unpaired) electrons. The summed E-state index contributed by atoms with van der Waals surface area (Å²) >= 11 is 0. The molecular weight excluding hydrogens is 465 g/mol. The highest BCUT2D eigenvalue weighted by Gasteiger charge is 2.32. The van der Waals surface area contributed by atoms with Crippen molar-refractivity contribution in [2.45, 2.75) is 32.1 Å². The number of nitrogens with one attached hydrogen (secondary N) is 2. The van der Waals surface area contributed by atoms with Crippen LogP contribution in [-0.2, 0) is 19.1 Å². The van der Waals surface area contributed by atoms with Crippen LogP contribution in [0.2, 0.25) is 0 Å². The molecule has 184 valence electrons. The van der Waals surface area contributed by atoms with E-state index in [1.165, 1.54) is 6.07 Å². The third kappa shape index (κ3) is 4.90. The summed E-state index contributed by atoms with van der Waals surface area (Å²) < 4.78 is 40.3. The maximum absolute atomic E-state index is 13.4. The van der Waals surface area contributed by atoms with Crippen molar-refractivity contribution in [3.05, 3.63) is 107 Å². The van der Waals surface area contributed by atoms with Crippen LogP contribution in [0.25, 0.3) is 11.1 Å². The average Bonchev–Trinajstić information content (AvgIpc) is 3.43. The van der Waals surface area contributed by atoms with Gasteiger partial charge in [0, 0.05) is 36.7 Å². The Bertz CT molecular complexity index is 1370. The molecule has 5 nitrogen and oxygen atoms in total. The van der Waals surface area contributed by atoms with E-state index in [2.05, 4.69) is 27.1 Å². The minimum Gasteiger partial charge on any atom is -0.347 e. The van der Waals surface area contributed by atoms with Gasteiger partial charge in [0.1, 0.15) is 5.82 Å². The minimum absolute atomic E-state index is 0.0211. The van der Waals surface area contributed by atoms with Crippen molar-refractivity contribution in [2.24, 2.45) is 0 Å². The maximum Gasteiger partial charge on any atom is 0.416 e. The number of anilines is 1. The Morgan fingerprint density at radius 2 is 1.86 bits per heavy atom. The van der Waals surface area contributed by atoms with Gasteiger partial charge in [-0.25, -0.2) is 4.98 Å². The van der Waals surface area contributed by atoms with E-state index in [9.17, 15) is 18.0 Å². The summed E-state index contributed by atoms with van der Waals surface area (Å²) in [4.78, 5) is 23.1. The summed E-state index contributed by atoms with van der Waals surface area (Å²) in [5.74, 6) is 0.335. The second-order valence-corrected chi connectivity index (χ2v) is 8.93. The number of rotatable bonds is 5. The Kier molecular flexibility index (Phi) is 6.36. The lowest BCUT2D eigenvalue weighted by Gasteiger charge is -2.33. The highest BCUT2D eigenvalue weighted by Crippen LogP contribution is 2.34. The van der Waals surface area contributed by atoms with E-state index in [1.54, 1.807) is 36.5 Å². The van der Waals surface area contributed by atoms with Gasteiger partial charge in [-0.05, 0) is 59.9 Å². The van der Waals surface area contributed by atoms with E-state index < -0.39 is 17.6 Å². The zero-order valence-corrected chi connectivity index (χ0v) is 19.6. The van der Waals surface area contributed by atoms with E-state index in [1.807, 2.05) is 24.4 Å². The Morgan fingerprint density at radius 1 is 1.06 bits per heavy atom. The van der Waals surface area contributed by atoms with Gasteiger partial charge in [0.25, 0.3) is 5.91 Å². The number of fused-ring (bicyclic) bond motifs is 1. The summed E-state index contributed by atoms with van der Waals surface area (Å²) in [5, 5.41) is 2.82. The summed E-state index contributed by atoms with van der Waals surface area (Å²) in [6.45, 7) is 3.69. The molecule has 4 aromatic rings. The Balaban J connectivity index is 1.39. The Hall–Kier alpha value is -3.91. The smallest absolute Gasteiger partial charge is 0.347 e. The van der Waals surface area contributed by atoms with E-state index in [0.717, 1.165) is 48.6 Å². The average molecular weight is 491 g/mol. The van der Waals surface area contributed by atoms with E-state index in [0.29, 0.717) is 16.8 Å². The van der Waals surface area contributed by atoms with Gasteiger partial charge in [0.15, 0.2) is 0 Å². The van der Waals surface area contributed by atoms with Crippen LogP contribution in [0.3, 0.4) is 0 Å². The molecule has 8 heteroatoms. The molecule has 3 aromatic carbocycles. The molecule has 0 saturated heterocycles. The number of aromatic nitrogens is 2. The number of aromatic amines is 1. The SMILES string of the molecule is CC(c1ncc[nH]1)N1CCc2cc(NC(=O)c3cc(C(F)(F)F)ccc3-c3ccccc3)ccc2C1. The van der Waals surface area contributed by atoms with Crippen molar-refractivity contribution >= 4 is 11.6 Å². The van der Waals surface area contributed by atoms with Gasteiger partial charge in [-0.3, -0.25) is 9.69 Å². The maximum atomic E-state index is 13.4. The van der Waals surface area contributed by atoms with Crippen molar-refractivity contribution in [2.75, 3.05) is 11.9 Å². The molecule has 1 aromatic heterocycles. The number of nitrogens with zero attached hydrogens (tertiary/aromatic N) is 2. The first-order valence-electron chi connectivity index (χ1n) is 11.7. The van der Waals surface area contributed by atoms with Crippen molar-refractivity contribution in [1.82, 2.24) is 14.9 Å². The first-order chi connectivity index (χ1) is 17.3. The highest BCUT2D eigenvalue weighted by molar-refractivity contribution is 6.09. The van der Waals surface area contributed by atoms with Gasteiger partial charge in [0.05, 0.1) is 11.6 Å². The number of H-pyrrole nitrogens is 1. The van der Waals surface area contributed by atoms with Crippen LogP contribution in [0.4, 0.5) is 18.9 Å². The quantitative estimate of drug-likeness (QED) is 0.337. The zero-order valence-electron chi connectivity index (χ0n) is 19.6. The van der Waals surface area contributed by atoms with Crippen molar-refractivity contribution < 1.29 is 18.0 Å². The molecule has 1 aliphatic heterocycles. The number of halogens is 3. The molecule has 0 spiro atoms. The normalized spacial score (nSPS) is 14.8. The first-order valence-corrected chi connectivity index (χ1v) is 11.7. The van der Waals surface area contributed by atoms with Crippen LogP contribution in [0.5, 0.6) is 0 Å². The van der Waals surface area contributed by atoms with E-state index >= 15 is 0 Å². The second kappa shape index (κ2) is 9.62. The molecule has 1 unspecified atom stereocenters. The molecular formula is C28H25F3N4O.